The summed E-state index contributed by atoms with van der Waals surface area (Å²) < 4.78 is 6.47. The zero-order valence-corrected chi connectivity index (χ0v) is 25.2. The van der Waals surface area contributed by atoms with E-state index in [9.17, 15) is 0 Å². The molecular formula is C42H26N4O. The van der Waals surface area contributed by atoms with Gasteiger partial charge in [0.25, 0.3) is 0 Å². The van der Waals surface area contributed by atoms with Gasteiger partial charge in [0.1, 0.15) is 5.52 Å². The lowest BCUT2D eigenvalue weighted by Gasteiger charge is -2.10. The Morgan fingerprint density at radius 3 is 1.79 bits per heavy atom. The van der Waals surface area contributed by atoms with Gasteiger partial charge in [0, 0.05) is 44.0 Å². The summed E-state index contributed by atoms with van der Waals surface area (Å²) in [5, 5.41) is 3.12. The first-order chi connectivity index (χ1) is 23.3. The molecule has 9 rings (SSSR count). The number of rotatable bonds is 5. The number of fused-ring (bicyclic) bond motifs is 5. The molecule has 0 spiro atoms. The quantitative estimate of drug-likeness (QED) is 0.183. The van der Waals surface area contributed by atoms with Gasteiger partial charge in [0.2, 0.25) is 5.89 Å². The molecule has 5 nitrogen and oxygen atoms in total. The molecule has 0 atom stereocenters. The zero-order chi connectivity index (χ0) is 31.2. The highest BCUT2D eigenvalue weighted by Gasteiger charge is 2.18. The molecule has 0 saturated carbocycles. The number of pyridine rings is 1. The van der Waals surface area contributed by atoms with E-state index in [1.54, 1.807) is 0 Å². The lowest BCUT2D eigenvalue weighted by Crippen LogP contribution is -1.96. The molecular weight excluding hydrogens is 576 g/mol. The molecule has 0 aliphatic rings. The molecule has 0 amide bonds. The minimum Gasteiger partial charge on any atom is -0.436 e. The molecule has 9 aromatic rings. The largest absolute Gasteiger partial charge is 0.436 e. The molecule has 3 heterocycles. The first-order valence-corrected chi connectivity index (χ1v) is 15.6. The number of nitrogens with zero attached hydrogens (tertiary/aromatic N) is 4. The van der Waals surface area contributed by atoms with E-state index in [1.165, 1.54) is 0 Å². The molecule has 220 valence electrons. The third-order valence-corrected chi connectivity index (χ3v) is 8.50. The van der Waals surface area contributed by atoms with E-state index in [-0.39, 0.29) is 0 Å². The molecule has 0 radical (unpaired) electrons. The van der Waals surface area contributed by atoms with Gasteiger partial charge in [-0.1, -0.05) is 121 Å². The van der Waals surface area contributed by atoms with E-state index in [2.05, 4.69) is 54.6 Å². The van der Waals surface area contributed by atoms with Crippen LogP contribution in [0.2, 0.25) is 0 Å². The third-order valence-electron chi connectivity index (χ3n) is 8.50. The molecule has 0 N–H and O–H groups in total. The van der Waals surface area contributed by atoms with E-state index in [0.717, 1.165) is 77.7 Å². The van der Waals surface area contributed by atoms with Crippen molar-refractivity contribution in [3.05, 3.63) is 158 Å². The van der Waals surface area contributed by atoms with Crippen molar-refractivity contribution in [2.45, 2.75) is 0 Å². The van der Waals surface area contributed by atoms with Crippen molar-refractivity contribution in [3.63, 3.8) is 0 Å². The maximum atomic E-state index is 6.47. The Labute approximate surface area is 270 Å². The molecule has 3 aromatic heterocycles. The molecule has 0 unspecified atom stereocenters. The first kappa shape index (κ1) is 26.9. The molecule has 0 aliphatic carbocycles. The van der Waals surface area contributed by atoms with Gasteiger partial charge < -0.3 is 4.42 Å². The van der Waals surface area contributed by atoms with Gasteiger partial charge in [-0.05, 0) is 36.4 Å². The van der Waals surface area contributed by atoms with Crippen molar-refractivity contribution in [1.82, 2.24) is 19.9 Å². The smallest absolute Gasteiger partial charge is 0.227 e. The molecule has 47 heavy (non-hydrogen) atoms. The molecule has 5 heteroatoms. The second kappa shape index (κ2) is 11.2. The summed E-state index contributed by atoms with van der Waals surface area (Å²) in [4.78, 5) is 20.2. The summed E-state index contributed by atoms with van der Waals surface area (Å²) in [6.07, 6.45) is 0. The highest BCUT2D eigenvalue weighted by atomic mass is 16.3. The maximum absolute atomic E-state index is 6.47. The van der Waals surface area contributed by atoms with Gasteiger partial charge in [0.05, 0.1) is 22.6 Å². The van der Waals surface area contributed by atoms with E-state index >= 15 is 0 Å². The average molecular weight is 603 g/mol. The zero-order valence-electron chi connectivity index (χ0n) is 25.2. The van der Waals surface area contributed by atoms with Gasteiger partial charge in [-0.2, -0.15) is 0 Å². The molecule has 0 fully saturated rings. The van der Waals surface area contributed by atoms with Crippen LogP contribution in [-0.4, -0.2) is 19.9 Å². The Bertz CT molecular complexity index is 2500. The van der Waals surface area contributed by atoms with Crippen LogP contribution in [0.4, 0.5) is 0 Å². The normalized spacial score (nSPS) is 11.4. The van der Waals surface area contributed by atoms with Gasteiger partial charge in [-0.15, -0.1) is 0 Å². The van der Waals surface area contributed by atoms with Crippen molar-refractivity contribution in [3.8, 4) is 56.6 Å². The van der Waals surface area contributed by atoms with Crippen LogP contribution in [0.25, 0.3) is 89.4 Å². The van der Waals surface area contributed by atoms with Crippen molar-refractivity contribution in [2.24, 2.45) is 0 Å². The molecule has 0 saturated heterocycles. The van der Waals surface area contributed by atoms with Crippen LogP contribution >= 0.6 is 0 Å². The number of benzene rings is 6. The number of hydrogen-bond donors (Lipinski definition) is 0. The number of hydrogen-bond acceptors (Lipinski definition) is 5. The fourth-order valence-corrected chi connectivity index (χ4v) is 6.25. The number of aromatic nitrogens is 4. The van der Waals surface area contributed by atoms with Crippen LogP contribution in [0.1, 0.15) is 0 Å². The Morgan fingerprint density at radius 1 is 0.404 bits per heavy atom. The van der Waals surface area contributed by atoms with Crippen LogP contribution < -0.4 is 0 Å². The summed E-state index contributed by atoms with van der Waals surface area (Å²) in [5.74, 6) is 1.23. The Kier molecular flexibility index (Phi) is 6.39. The predicted octanol–water partition coefficient (Wildman–Crippen LogP) is 10.7. The fourth-order valence-electron chi connectivity index (χ4n) is 6.25. The Balaban J connectivity index is 1.21. The lowest BCUT2D eigenvalue weighted by molar-refractivity contribution is 0.620. The summed E-state index contributed by atoms with van der Waals surface area (Å²) >= 11 is 0. The van der Waals surface area contributed by atoms with Crippen LogP contribution in [0, 0.1) is 0 Å². The summed E-state index contributed by atoms with van der Waals surface area (Å²) in [7, 11) is 0. The van der Waals surface area contributed by atoms with Gasteiger partial charge >= 0.3 is 0 Å². The minimum absolute atomic E-state index is 0.553. The van der Waals surface area contributed by atoms with Crippen molar-refractivity contribution < 1.29 is 4.42 Å². The fraction of sp³-hybridized carbons (Fsp3) is 0. The SMILES string of the molecule is c1ccc(-c2cc(-c3cccc(-c4nc5c(ccc6c(-c7ccccc7)nc7ccccc7c65)o4)c3)nc(-c3ccccc3)n2)cc1. The topological polar surface area (TPSA) is 64.7 Å². The van der Waals surface area contributed by atoms with Gasteiger partial charge in [-0.3, -0.25) is 0 Å². The Morgan fingerprint density at radius 2 is 1.02 bits per heavy atom. The molecule has 0 aliphatic heterocycles. The number of para-hydroxylation sites is 1. The van der Waals surface area contributed by atoms with E-state index in [1.807, 2.05) is 103 Å². The molecule has 6 aromatic carbocycles. The lowest BCUT2D eigenvalue weighted by atomic mass is 9.99. The van der Waals surface area contributed by atoms with E-state index < -0.39 is 0 Å². The summed E-state index contributed by atoms with van der Waals surface area (Å²) in [5.41, 5.74) is 9.97. The number of oxazole rings is 1. The van der Waals surface area contributed by atoms with Crippen molar-refractivity contribution in [2.75, 3.05) is 0 Å². The van der Waals surface area contributed by atoms with Crippen molar-refractivity contribution >= 4 is 32.8 Å². The highest BCUT2D eigenvalue weighted by Crippen LogP contribution is 2.38. The third kappa shape index (κ3) is 4.82. The van der Waals surface area contributed by atoms with Crippen LogP contribution in [-0.2, 0) is 0 Å². The van der Waals surface area contributed by atoms with E-state index in [0.29, 0.717) is 11.7 Å². The monoisotopic (exact) mass is 602 g/mol. The van der Waals surface area contributed by atoms with Gasteiger partial charge in [-0.25, -0.2) is 19.9 Å². The molecule has 0 bridgehead atoms. The standard InChI is InChI=1S/C42H26N4O/c1-4-13-27(14-5-1)35-26-36(45-41(44-35)29-17-8-3-9-18-29)30-19-12-20-31(25-30)42-46-40-37(47-42)24-23-33-38(40)32-21-10-11-22-34(32)43-39(33)28-15-6-2-7-16-28/h1-26H. The predicted molar refractivity (Wildman–Crippen MR) is 190 cm³/mol. The highest BCUT2D eigenvalue weighted by molar-refractivity contribution is 6.20. The van der Waals surface area contributed by atoms with Gasteiger partial charge in [0.15, 0.2) is 11.4 Å². The van der Waals surface area contributed by atoms with Crippen LogP contribution in [0.3, 0.4) is 0 Å². The van der Waals surface area contributed by atoms with E-state index in [4.69, 9.17) is 24.4 Å². The second-order valence-electron chi connectivity index (χ2n) is 11.5. The average Bonchev–Trinajstić information content (AvgIpc) is 3.60. The maximum Gasteiger partial charge on any atom is 0.227 e. The Hall–Kier alpha value is -6.46. The van der Waals surface area contributed by atoms with Crippen LogP contribution in [0.15, 0.2) is 162 Å². The second-order valence-corrected chi connectivity index (χ2v) is 11.5. The van der Waals surface area contributed by atoms with Crippen LogP contribution in [0.5, 0.6) is 0 Å². The minimum atomic E-state index is 0.553. The summed E-state index contributed by atoms with van der Waals surface area (Å²) in [6.45, 7) is 0. The first-order valence-electron chi connectivity index (χ1n) is 15.6. The summed E-state index contributed by atoms with van der Waals surface area (Å²) in [6, 6.07) is 53.2. The van der Waals surface area contributed by atoms with Crippen molar-refractivity contribution in [1.29, 1.82) is 0 Å².